The van der Waals surface area contributed by atoms with E-state index in [4.69, 9.17) is 5.14 Å². The summed E-state index contributed by atoms with van der Waals surface area (Å²) in [6.07, 6.45) is 0. The highest BCUT2D eigenvalue weighted by atomic mass is 32.2. The van der Waals surface area contributed by atoms with E-state index in [1.54, 1.807) is 12.1 Å². The van der Waals surface area contributed by atoms with Gasteiger partial charge in [-0.05, 0) is 26.0 Å². The van der Waals surface area contributed by atoms with Gasteiger partial charge in [-0.15, -0.1) is 0 Å². The quantitative estimate of drug-likeness (QED) is 0.893. The predicted octanol–water partition coefficient (Wildman–Crippen LogP) is 0.864. The first-order valence-electron chi connectivity index (χ1n) is 6.50. The average molecular weight is 283 g/mol. The van der Waals surface area contributed by atoms with Gasteiger partial charge in [0.2, 0.25) is 10.0 Å². The number of rotatable bonds is 3. The highest BCUT2D eigenvalue weighted by Gasteiger charge is 2.23. The van der Waals surface area contributed by atoms with Crippen LogP contribution >= 0.6 is 0 Å². The Bertz CT molecular complexity index is 535. The zero-order chi connectivity index (χ0) is 14.0. The number of hydrogen-bond acceptors (Lipinski definition) is 4. The summed E-state index contributed by atoms with van der Waals surface area (Å²) in [5.41, 5.74) is 0.716. The van der Waals surface area contributed by atoms with Crippen molar-refractivity contribution in [1.29, 1.82) is 0 Å². The maximum atomic E-state index is 11.6. The van der Waals surface area contributed by atoms with Crippen LogP contribution in [0.2, 0.25) is 0 Å². The van der Waals surface area contributed by atoms with Crippen LogP contribution in [0.1, 0.15) is 13.8 Å². The average Bonchev–Trinajstić information content (AvgIpc) is 2.38. The van der Waals surface area contributed by atoms with Crippen LogP contribution in [0.4, 0.5) is 5.69 Å². The summed E-state index contributed by atoms with van der Waals surface area (Å²) in [5.74, 6) is 0. The third-order valence-corrected chi connectivity index (χ3v) is 4.52. The van der Waals surface area contributed by atoms with Crippen molar-refractivity contribution >= 4 is 15.7 Å². The topological polar surface area (TPSA) is 66.6 Å². The van der Waals surface area contributed by atoms with Crippen molar-refractivity contribution < 1.29 is 8.42 Å². The summed E-state index contributed by atoms with van der Waals surface area (Å²) in [6, 6.07) is 7.46. The Balaban J connectivity index is 2.21. The SMILES string of the molecule is CC(C)N1CCN(c2ccccc2S(N)(=O)=O)CC1. The van der Waals surface area contributed by atoms with Crippen LogP contribution in [-0.2, 0) is 10.0 Å². The first-order valence-corrected chi connectivity index (χ1v) is 8.05. The Kier molecular flexibility index (Phi) is 4.13. The molecule has 2 N–H and O–H groups in total. The van der Waals surface area contributed by atoms with E-state index < -0.39 is 10.0 Å². The van der Waals surface area contributed by atoms with Crippen molar-refractivity contribution in [3.05, 3.63) is 24.3 Å². The number of primary sulfonamides is 1. The maximum absolute atomic E-state index is 11.6. The van der Waals surface area contributed by atoms with Crippen molar-refractivity contribution in [2.45, 2.75) is 24.8 Å². The summed E-state index contributed by atoms with van der Waals surface area (Å²) in [6.45, 7) is 7.88. The predicted molar refractivity (Wildman–Crippen MR) is 76.7 cm³/mol. The number of benzene rings is 1. The molecule has 19 heavy (non-hydrogen) atoms. The molecule has 1 heterocycles. The van der Waals surface area contributed by atoms with Crippen LogP contribution in [0.15, 0.2) is 29.2 Å². The van der Waals surface area contributed by atoms with Gasteiger partial charge < -0.3 is 4.90 Å². The Morgan fingerprint density at radius 1 is 1.11 bits per heavy atom. The van der Waals surface area contributed by atoms with Gasteiger partial charge in [-0.2, -0.15) is 0 Å². The highest BCUT2D eigenvalue weighted by molar-refractivity contribution is 7.89. The summed E-state index contributed by atoms with van der Waals surface area (Å²) < 4.78 is 23.2. The fraction of sp³-hybridized carbons (Fsp3) is 0.538. The lowest BCUT2D eigenvalue weighted by atomic mass is 10.2. The first kappa shape index (κ1) is 14.3. The number of para-hydroxylation sites is 1. The molecule has 5 nitrogen and oxygen atoms in total. The van der Waals surface area contributed by atoms with Crippen molar-refractivity contribution in [1.82, 2.24) is 4.90 Å². The third kappa shape index (κ3) is 3.26. The number of sulfonamides is 1. The molecule has 0 unspecified atom stereocenters. The van der Waals surface area contributed by atoms with E-state index in [1.807, 2.05) is 12.1 Å². The van der Waals surface area contributed by atoms with Crippen LogP contribution in [-0.4, -0.2) is 45.5 Å². The van der Waals surface area contributed by atoms with Gasteiger partial charge in [0.25, 0.3) is 0 Å². The monoisotopic (exact) mass is 283 g/mol. The second-order valence-electron chi connectivity index (χ2n) is 5.13. The van der Waals surface area contributed by atoms with Crippen LogP contribution < -0.4 is 10.0 Å². The summed E-state index contributed by atoms with van der Waals surface area (Å²) >= 11 is 0. The zero-order valence-electron chi connectivity index (χ0n) is 11.4. The molecule has 0 bridgehead atoms. The Morgan fingerprint density at radius 2 is 1.68 bits per heavy atom. The molecule has 1 aromatic rings. The summed E-state index contributed by atoms with van der Waals surface area (Å²) in [5, 5.41) is 5.27. The van der Waals surface area contributed by atoms with Crippen LogP contribution in [0.25, 0.3) is 0 Å². The molecule has 0 saturated carbocycles. The number of hydrogen-bond donors (Lipinski definition) is 1. The lowest BCUT2D eigenvalue weighted by molar-refractivity contribution is 0.209. The molecular formula is C13H21N3O2S. The molecular weight excluding hydrogens is 262 g/mol. The van der Waals surface area contributed by atoms with Crippen molar-refractivity contribution in [3.63, 3.8) is 0 Å². The van der Waals surface area contributed by atoms with Gasteiger partial charge in [-0.25, -0.2) is 13.6 Å². The Labute approximate surface area is 115 Å². The standard InChI is InChI=1S/C13H21N3O2S/c1-11(2)15-7-9-16(10-8-15)12-5-3-4-6-13(12)19(14,17)18/h3-6,11H,7-10H2,1-2H3,(H2,14,17,18). The van der Waals surface area contributed by atoms with Crippen molar-refractivity contribution in [3.8, 4) is 0 Å². The van der Waals surface area contributed by atoms with E-state index in [2.05, 4.69) is 23.6 Å². The Morgan fingerprint density at radius 3 is 2.21 bits per heavy atom. The highest BCUT2D eigenvalue weighted by Crippen LogP contribution is 2.25. The molecule has 0 aliphatic carbocycles. The van der Waals surface area contributed by atoms with E-state index in [0.717, 1.165) is 26.2 Å². The largest absolute Gasteiger partial charge is 0.368 e. The molecule has 0 amide bonds. The molecule has 106 valence electrons. The van der Waals surface area contributed by atoms with Gasteiger partial charge in [-0.3, -0.25) is 4.90 Å². The number of anilines is 1. The molecule has 1 aromatic carbocycles. The van der Waals surface area contributed by atoms with Crippen molar-refractivity contribution in [2.24, 2.45) is 5.14 Å². The fourth-order valence-electron chi connectivity index (χ4n) is 2.44. The zero-order valence-corrected chi connectivity index (χ0v) is 12.2. The van der Waals surface area contributed by atoms with E-state index in [1.165, 1.54) is 0 Å². The minimum atomic E-state index is -3.67. The molecule has 2 rings (SSSR count). The maximum Gasteiger partial charge on any atom is 0.240 e. The minimum absolute atomic E-state index is 0.216. The summed E-state index contributed by atoms with van der Waals surface area (Å²) in [7, 11) is -3.67. The van der Waals surface area contributed by atoms with Gasteiger partial charge >= 0.3 is 0 Å². The van der Waals surface area contributed by atoms with E-state index >= 15 is 0 Å². The Hall–Kier alpha value is -1.11. The van der Waals surface area contributed by atoms with Crippen LogP contribution in [0, 0.1) is 0 Å². The van der Waals surface area contributed by atoms with Gasteiger partial charge in [0.05, 0.1) is 5.69 Å². The van der Waals surface area contributed by atoms with Crippen LogP contribution in [0.5, 0.6) is 0 Å². The third-order valence-electron chi connectivity index (χ3n) is 3.56. The van der Waals surface area contributed by atoms with Gasteiger partial charge in [0.15, 0.2) is 0 Å². The second-order valence-corrected chi connectivity index (χ2v) is 6.66. The van der Waals surface area contributed by atoms with E-state index in [9.17, 15) is 8.42 Å². The lowest BCUT2D eigenvalue weighted by Gasteiger charge is -2.38. The lowest BCUT2D eigenvalue weighted by Crippen LogP contribution is -2.49. The van der Waals surface area contributed by atoms with E-state index in [-0.39, 0.29) is 4.90 Å². The van der Waals surface area contributed by atoms with Gasteiger partial charge in [-0.1, -0.05) is 12.1 Å². The molecule has 1 aliphatic heterocycles. The number of nitrogens with two attached hydrogens (primary N) is 1. The normalized spacial score (nSPS) is 18.0. The minimum Gasteiger partial charge on any atom is -0.368 e. The molecule has 0 radical (unpaired) electrons. The summed E-state index contributed by atoms with van der Waals surface area (Å²) in [4.78, 5) is 4.70. The van der Waals surface area contributed by atoms with E-state index in [0.29, 0.717) is 11.7 Å². The van der Waals surface area contributed by atoms with Crippen molar-refractivity contribution in [2.75, 3.05) is 31.1 Å². The molecule has 6 heteroatoms. The second kappa shape index (κ2) is 5.48. The van der Waals surface area contributed by atoms with Crippen LogP contribution in [0.3, 0.4) is 0 Å². The molecule has 1 aliphatic rings. The number of piperazine rings is 1. The molecule has 1 fully saturated rings. The van der Waals surface area contributed by atoms with Gasteiger partial charge in [0, 0.05) is 32.2 Å². The molecule has 1 saturated heterocycles. The molecule has 0 spiro atoms. The number of nitrogens with zero attached hydrogens (tertiary/aromatic N) is 2. The molecule has 0 aromatic heterocycles. The molecule has 0 atom stereocenters. The fourth-order valence-corrected chi connectivity index (χ4v) is 3.20. The van der Waals surface area contributed by atoms with Gasteiger partial charge in [0.1, 0.15) is 4.90 Å². The smallest absolute Gasteiger partial charge is 0.240 e. The first-order chi connectivity index (χ1) is 8.89.